The van der Waals surface area contributed by atoms with Gasteiger partial charge in [0.25, 0.3) is 0 Å². The van der Waals surface area contributed by atoms with E-state index in [1.54, 1.807) is 0 Å². The summed E-state index contributed by atoms with van der Waals surface area (Å²) in [6.07, 6.45) is 3.36. The fourth-order valence-electron chi connectivity index (χ4n) is 1.96. The van der Waals surface area contributed by atoms with Crippen molar-refractivity contribution in [2.24, 2.45) is 5.73 Å². The van der Waals surface area contributed by atoms with Crippen LogP contribution in [0.2, 0.25) is 0 Å². The number of nitrogens with two attached hydrogens (primary N) is 1. The van der Waals surface area contributed by atoms with E-state index in [0.29, 0.717) is 18.7 Å². The van der Waals surface area contributed by atoms with Gasteiger partial charge in [-0.25, -0.2) is 4.98 Å². The minimum Gasteiger partial charge on any atom is -0.376 e. The van der Waals surface area contributed by atoms with E-state index in [1.165, 1.54) is 0 Å². The van der Waals surface area contributed by atoms with E-state index < -0.39 is 0 Å². The maximum atomic E-state index is 11.1. The van der Waals surface area contributed by atoms with Gasteiger partial charge < -0.3 is 15.0 Å². The summed E-state index contributed by atoms with van der Waals surface area (Å²) in [6, 6.07) is 3.91. The van der Waals surface area contributed by atoms with Crippen LogP contribution in [0.15, 0.2) is 18.3 Å². The first-order valence-electron chi connectivity index (χ1n) is 5.51. The quantitative estimate of drug-likeness (QED) is 0.789. The van der Waals surface area contributed by atoms with Crippen LogP contribution >= 0.6 is 0 Å². The zero-order valence-corrected chi connectivity index (χ0v) is 10.1. The number of carbonyl (C=O) groups is 1. The normalized spacial score (nSPS) is 10.8. The highest BCUT2D eigenvalue weighted by molar-refractivity contribution is 5.91. The first kappa shape index (κ1) is 11.6. The van der Waals surface area contributed by atoms with Gasteiger partial charge in [-0.05, 0) is 18.7 Å². The van der Waals surface area contributed by atoms with Gasteiger partial charge in [0.05, 0.1) is 11.2 Å². The molecule has 0 saturated heterocycles. The smallest absolute Gasteiger partial charge is 0.170 e. The van der Waals surface area contributed by atoms with Gasteiger partial charge in [-0.3, -0.25) is 4.79 Å². The topological polar surface area (TPSA) is 63.6 Å². The molecule has 0 fully saturated rings. The molecular weight excluding hydrogens is 216 g/mol. The average Bonchev–Trinajstić information content (AvgIpc) is 2.68. The van der Waals surface area contributed by atoms with Crippen LogP contribution in [0, 0.1) is 0 Å². The van der Waals surface area contributed by atoms with Gasteiger partial charge in [-0.15, -0.1) is 0 Å². The van der Waals surface area contributed by atoms with E-state index in [-0.39, 0.29) is 0 Å². The van der Waals surface area contributed by atoms with Crippen LogP contribution in [0.3, 0.4) is 0 Å². The second kappa shape index (κ2) is 4.55. The van der Waals surface area contributed by atoms with Crippen LogP contribution in [0.25, 0.3) is 5.52 Å². The molecule has 0 radical (unpaired) electrons. The molecule has 90 valence electrons. The van der Waals surface area contributed by atoms with Gasteiger partial charge >= 0.3 is 0 Å². The second-order valence-corrected chi connectivity index (χ2v) is 4.08. The predicted octanol–water partition coefficient (Wildman–Crippen LogP) is 0.714. The van der Waals surface area contributed by atoms with Crippen LogP contribution in [0.5, 0.6) is 0 Å². The minimum absolute atomic E-state index is 0.470. The van der Waals surface area contributed by atoms with Crippen molar-refractivity contribution >= 4 is 17.5 Å². The van der Waals surface area contributed by atoms with E-state index >= 15 is 0 Å². The largest absolute Gasteiger partial charge is 0.376 e. The number of anilines is 1. The molecule has 0 saturated carbocycles. The van der Waals surface area contributed by atoms with E-state index in [9.17, 15) is 4.79 Å². The lowest BCUT2D eigenvalue weighted by molar-refractivity contribution is 0.112. The van der Waals surface area contributed by atoms with E-state index in [2.05, 4.69) is 4.98 Å². The summed E-state index contributed by atoms with van der Waals surface area (Å²) in [6.45, 7) is 0.517. The summed E-state index contributed by atoms with van der Waals surface area (Å²) in [7, 11) is 3.89. The summed E-state index contributed by atoms with van der Waals surface area (Å²) in [4.78, 5) is 17.4. The molecule has 17 heavy (non-hydrogen) atoms. The molecule has 2 heterocycles. The molecule has 0 unspecified atom stereocenters. The highest BCUT2D eigenvalue weighted by Crippen LogP contribution is 2.23. The second-order valence-electron chi connectivity index (χ2n) is 4.08. The van der Waals surface area contributed by atoms with Crippen molar-refractivity contribution in [1.82, 2.24) is 9.38 Å². The molecule has 5 nitrogen and oxygen atoms in total. The maximum Gasteiger partial charge on any atom is 0.170 e. The molecule has 0 aliphatic carbocycles. The molecule has 2 rings (SSSR count). The molecule has 2 aromatic heterocycles. The Labute approximate surface area is 99.9 Å². The monoisotopic (exact) mass is 232 g/mol. The Kier molecular flexibility index (Phi) is 3.10. The van der Waals surface area contributed by atoms with Crippen LogP contribution in [-0.2, 0) is 6.42 Å². The number of imidazole rings is 1. The highest BCUT2D eigenvalue weighted by Gasteiger charge is 2.14. The lowest BCUT2D eigenvalue weighted by Crippen LogP contribution is -2.11. The molecule has 2 N–H and O–H groups in total. The SMILES string of the molecule is CN(C)c1cccn2c(CCN)nc(C=O)c12. The third-order valence-electron chi connectivity index (χ3n) is 2.70. The summed E-state index contributed by atoms with van der Waals surface area (Å²) in [5.41, 5.74) is 7.84. The van der Waals surface area contributed by atoms with Gasteiger partial charge in [-0.2, -0.15) is 0 Å². The number of pyridine rings is 1. The van der Waals surface area contributed by atoms with E-state index in [4.69, 9.17) is 5.73 Å². The maximum absolute atomic E-state index is 11.1. The van der Waals surface area contributed by atoms with Crippen molar-refractivity contribution in [3.05, 3.63) is 29.8 Å². The van der Waals surface area contributed by atoms with Crippen molar-refractivity contribution in [2.75, 3.05) is 25.5 Å². The highest BCUT2D eigenvalue weighted by atomic mass is 16.1. The summed E-state index contributed by atoms with van der Waals surface area (Å²) >= 11 is 0. The Morgan fingerprint density at radius 1 is 1.53 bits per heavy atom. The van der Waals surface area contributed by atoms with Gasteiger partial charge in [0.15, 0.2) is 6.29 Å². The number of aldehydes is 1. The number of carbonyl (C=O) groups excluding carboxylic acids is 1. The van der Waals surface area contributed by atoms with Crippen molar-refractivity contribution in [2.45, 2.75) is 6.42 Å². The average molecular weight is 232 g/mol. The molecule has 0 aromatic carbocycles. The molecule has 0 spiro atoms. The van der Waals surface area contributed by atoms with Crippen LogP contribution in [0.4, 0.5) is 5.69 Å². The Morgan fingerprint density at radius 3 is 2.88 bits per heavy atom. The van der Waals surface area contributed by atoms with Gasteiger partial charge in [0.1, 0.15) is 11.5 Å². The van der Waals surface area contributed by atoms with E-state index in [0.717, 1.165) is 23.3 Å². The first-order valence-corrected chi connectivity index (χ1v) is 5.51. The van der Waals surface area contributed by atoms with Crippen molar-refractivity contribution in [3.63, 3.8) is 0 Å². The summed E-state index contributed by atoms with van der Waals surface area (Å²) in [5, 5.41) is 0. The third-order valence-corrected chi connectivity index (χ3v) is 2.70. The minimum atomic E-state index is 0.470. The molecule has 5 heteroatoms. The first-order chi connectivity index (χ1) is 8.19. The standard InChI is InChI=1S/C12H16N4O/c1-15(2)10-4-3-7-16-11(5-6-13)14-9(8-17)12(10)16/h3-4,7-8H,5-6,13H2,1-2H3. The molecule has 2 aromatic rings. The molecule has 0 aliphatic rings. The van der Waals surface area contributed by atoms with Gasteiger partial charge in [-0.1, -0.05) is 0 Å². The van der Waals surface area contributed by atoms with Crippen molar-refractivity contribution in [1.29, 1.82) is 0 Å². The van der Waals surface area contributed by atoms with Crippen molar-refractivity contribution in [3.8, 4) is 0 Å². The van der Waals surface area contributed by atoms with Crippen LogP contribution < -0.4 is 10.6 Å². The summed E-state index contributed by atoms with van der Waals surface area (Å²) < 4.78 is 1.94. The Morgan fingerprint density at radius 2 is 2.29 bits per heavy atom. The molecule has 0 aliphatic heterocycles. The lowest BCUT2D eigenvalue weighted by Gasteiger charge is -2.14. The Bertz CT molecular complexity index is 545. The Balaban J connectivity index is 2.75. The summed E-state index contributed by atoms with van der Waals surface area (Å²) in [5.74, 6) is 0.827. The number of rotatable bonds is 4. The van der Waals surface area contributed by atoms with Crippen LogP contribution in [0.1, 0.15) is 16.3 Å². The zero-order valence-electron chi connectivity index (χ0n) is 10.1. The van der Waals surface area contributed by atoms with Crippen molar-refractivity contribution < 1.29 is 4.79 Å². The number of nitrogens with zero attached hydrogens (tertiary/aromatic N) is 3. The number of aromatic nitrogens is 2. The molecular formula is C12H16N4O. The molecule has 0 bridgehead atoms. The molecule has 0 atom stereocenters. The zero-order chi connectivity index (χ0) is 12.4. The fraction of sp³-hybridized carbons (Fsp3) is 0.333. The fourth-order valence-corrected chi connectivity index (χ4v) is 1.96. The number of fused-ring (bicyclic) bond motifs is 1. The molecule has 0 amide bonds. The predicted molar refractivity (Wildman–Crippen MR) is 67.7 cm³/mol. The number of hydrogen-bond acceptors (Lipinski definition) is 4. The van der Waals surface area contributed by atoms with Crippen LogP contribution in [-0.4, -0.2) is 36.3 Å². The third kappa shape index (κ3) is 1.89. The van der Waals surface area contributed by atoms with Gasteiger partial charge in [0, 0.05) is 26.7 Å². The van der Waals surface area contributed by atoms with E-state index in [1.807, 2.05) is 41.7 Å². The Hall–Kier alpha value is -1.88. The lowest BCUT2D eigenvalue weighted by atomic mass is 10.3. The number of hydrogen-bond donors (Lipinski definition) is 1. The van der Waals surface area contributed by atoms with Gasteiger partial charge in [0.2, 0.25) is 0 Å².